The van der Waals surface area contributed by atoms with E-state index >= 15 is 0 Å². The summed E-state index contributed by atoms with van der Waals surface area (Å²) >= 11 is 0. The number of rotatable bonds is 5. The summed E-state index contributed by atoms with van der Waals surface area (Å²) in [7, 11) is 1.62. The first kappa shape index (κ1) is 14.5. The number of carboxylic acids is 1. The Morgan fingerprint density at radius 3 is 2.85 bits per heavy atom. The van der Waals surface area contributed by atoms with Crippen LogP contribution in [0.15, 0.2) is 24.3 Å². The lowest BCUT2D eigenvalue weighted by molar-refractivity contribution is -0.142. The largest absolute Gasteiger partial charge is 0.481 e. The number of carbonyl (C=O) groups excluding carboxylic acids is 1. The van der Waals surface area contributed by atoms with Crippen molar-refractivity contribution in [3.8, 4) is 0 Å². The molecule has 1 aromatic rings. The molecule has 0 aliphatic carbocycles. The van der Waals surface area contributed by atoms with Crippen LogP contribution in [0.25, 0.3) is 0 Å². The van der Waals surface area contributed by atoms with Crippen LogP contribution in [-0.4, -0.2) is 35.5 Å². The van der Waals surface area contributed by atoms with Crippen molar-refractivity contribution in [1.82, 2.24) is 4.90 Å². The predicted octanol–water partition coefficient (Wildman–Crippen LogP) is 1.83. The molecule has 0 spiro atoms. The predicted molar refractivity (Wildman–Crippen MR) is 73.0 cm³/mol. The van der Waals surface area contributed by atoms with E-state index in [-0.39, 0.29) is 18.4 Å². The van der Waals surface area contributed by atoms with Gasteiger partial charge >= 0.3 is 5.97 Å². The van der Waals surface area contributed by atoms with Crippen molar-refractivity contribution in [3.05, 3.63) is 35.4 Å². The van der Waals surface area contributed by atoms with E-state index in [0.29, 0.717) is 13.2 Å². The van der Waals surface area contributed by atoms with Crippen LogP contribution in [0.2, 0.25) is 0 Å². The summed E-state index contributed by atoms with van der Waals surface area (Å²) in [4.78, 5) is 25.0. The van der Waals surface area contributed by atoms with Crippen LogP contribution in [0.1, 0.15) is 30.5 Å². The minimum absolute atomic E-state index is 0.0718. The van der Waals surface area contributed by atoms with Crippen molar-refractivity contribution in [2.45, 2.75) is 26.0 Å². The molecule has 2 atom stereocenters. The van der Waals surface area contributed by atoms with Crippen LogP contribution in [0.5, 0.6) is 0 Å². The van der Waals surface area contributed by atoms with Crippen LogP contribution in [0.4, 0.5) is 0 Å². The van der Waals surface area contributed by atoms with E-state index < -0.39 is 11.9 Å². The number of nitrogens with zero attached hydrogens (tertiary/aromatic N) is 1. The van der Waals surface area contributed by atoms with E-state index in [2.05, 4.69) is 0 Å². The third-order valence-corrected chi connectivity index (χ3v) is 3.69. The number of hydrogen-bond donors (Lipinski definition) is 1. The van der Waals surface area contributed by atoms with E-state index in [4.69, 9.17) is 4.74 Å². The molecule has 0 bridgehead atoms. The molecule has 108 valence electrons. The average Bonchev–Trinajstić information content (AvgIpc) is 2.76. The molecule has 2 rings (SSSR count). The number of carboxylic acid groups (broad SMARTS) is 1. The number of ether oxygens (including phenoxy) is 1. The van der Waals surface area contributed by atoms with Gasteiger partial charge in [0, 0.05) is 20.1 Å². The highest BCUT2D eigenvalue weighted by molar-refractivity contribution is 5.87. The van der Waals surface area contributed by atoms with Crippen LogP contribution in [0, 0.1) is 5.92 Å². The van der Waals surface area contributed by atoms with E-state index in [1.54, 1.807) is 12.0 Å². The minimum atomic E-state index is -0.920. The molecule has 1 N–H and O–H groups in total. The zero-order valence-electron chi connectivity index (χ0n) is 11.7. The first-order valence-corrected chi connectivity index (χ1v) is 6.68. The molecule has 1 aliphatic heterocycles. The molecule has 0 radical (unpaired) electrons. The highest BCUT2D eigenvalue weighted by Gasteiger charge is 2.43. The third-order valence-electron chi connectivity index (χ3n) is 3.69. The lowest BCUT2D eigenvalue weighted by Crippen LogP contribution is -2.30. The maximum Gasteiger partial charge on any atom is 0.309 e. The highest BCUT2D eigenvalue weighted by Crippen LogP contribution is 2.38. The molecule has 1 aromatic carbocycles. The van der Waals surface area contributed by atoms with Crippen molar-refractivity contribution in [2.75, 3.05) is 13.7 Å². The molecule has 1 amide bonds. The maximum absolute atomic E-state index is 12.0. The first-order chi connectivity index (χ1) is 9.58. The number of benzene rings is 1. The van der Waals surface area contributed by atoms with Crippen molar-refractivity contribution in [2.24, 2.45) is 5.92 Å². The quantitative estimate of drug-likeness (QED) is 0.891. The Morgan fingerprint density at radius 1 is 1.50 bits per heavy atom. The molecule has 0 saturated carbocycles. The molecule has 5 nitrogen and oxygen atoms in total. The molecule has 1 saturated heterocycles. The Balaban J connectivity index is 2.37. The first-order valence-electron chi connectivity index (χ1n) is 6.68. The normalized spacial score (nSPS) is 22.3. The Labute approximate surface area is 118 Å². The van der Waals surface area contributed by atoms with Gasteiger partial charge in [-0.15, -0.1) is 0 Å². The summed E-state index contributed by atoms with van der Waals surface area (Å²) in [6.07, 6.45) is 0.0718. The maximum atomic E-state index is 12.0. The summed E-state index contributed by atoms with van der Waals surface area (Å²) in [6.45, 7) is 2.86. The fourth-order valence-electron chi connectivity index (χ4n) is 2.83. The molecule has 0 aromatic heterocycles. The van der Waals surface area contributed by atoms with Crippen LogP contribution < -0.4 is 0 Å². The Kier molecular flexibility index (Phi) is 4.39. The van der Waals surface area contributed by atoms with Gasteiger partial charge in [-0.1, -0.05) is 24.3 Å². The second kappa shape index (κ2) is 6.05. The Morgan fingerprint density at radius 2 is 2.25 bits per heavy atom. The zero-order chi connectivity index (χ0) is 14.7. The number of amides is 1. The molecule has 1 aliphatic rings. The van der Waals surface area contributed by atoms with Gasteiger partial charge in [-0.2, -0.15) is 0 Å². The van der Waals surface area contributed by atoms with Gasteiger partial charge in [-0.05, 0) is 18.1 Å². The van der Waals surface area contributed by atoms with Crippen molar-refractivity contribution < 1.29 is 19.4 Å². The SMILES string of the molecule is CCN1C(=O)CC(C(=O)O)C1c1cccc(COC)c1. The molecule has 2 unspecified atom stereocenters. The minimum Gasteiger partial charge on any atom is -0.481 e. The smallest absolute Gasteiger partial charge is 0.309 e. The fourth-order valence-corrected chi connectivity index (χ4v) is 2.83. The van der Waals surface area contributed by atoms with Gasteiger partial charge < -0.3 is 14.7 Å². The van der Waals surface area contributed by atoms with E-state index in [0.717, 1.165) is 11.1 Å². The van der Waals surface area contributed by atoms with Crippen LogP contribution >= 0.6 is 0 Å². The molecule has 1 fully saturated rings. The summed E-state index contributed by atoms with van der Waals surface area (Å²) in [5.74, 6) is -1.70. The Hall–Kier alpha value is -1.88. The molecular formula is C15H19NO4. The molecule has 20 heavy (non-hydrogen) atoms. The van der Waals surface area contributed by atoms with Gasteiger partial charge in [-0.3, -0.25) is 9.59 Å². The van der Waals surface area contributed by atoms with Crippen LogP contribution in [-0.2, 0) is 20.9 Å². The van der Waals surface area contributed by atoms with Gasteiger partial charge in [0.25, 0.3) is 0 Å². The fraction of sp³-hybridized carbons (Fsp3) is 0.467. The molecular weight excluding hydrogens is 258 g/mol. The van der Waals surface area contributed by atoms with E-state index in [1.165, 1.54) is 0 Å². The standard InChI is InChI=1S/C15H19NO4/c1-3-16-13(17)8-12(15(18)19)14(16)11-6-4-5-10(7-11)9-20-2/h4-7,12,14H,3,8-9H2,1-2H3,(H,18,19). The van der Waals surface area contributed by atoms with Gasteiger partial charge in [-0.25, -0.2) is 0 Å². The van der Waals surface area contributed by atoms with Gasteiger partial charge in [0.15, 0.2) is 0 Å². The summed E-state index contributed by atoms with van der Waals surface area (Å²) in [6, 6.07) is 7.21. The van der Waals surface area contributed by atoms with Gasteiger partial charge in [0.2, 0.25) is 5.91 Å². The van der Waals surface area contributed by atoms with Crippen molar-refractivity contribution in [3.63, 3.8) is 0 Å². The number of carbonyl (C=O) groups is 2. The summed E-state index contributed by atoms with van der Waals surface area (Å²) in [5, 5.41) is 9.35. The summed E-state index contributed by atoms with van der Waals surface area (Å²) < 4.78 is 5.10. The molecule has 5 heteroatoms. The number of aliphatic carboxylic acids is 1. The van der Waals surface area contributed by atoms with E-state index in [1.807, 2.05) is 31.2 Å². The second-order valence-electron chi connectivity index (χ2n) is 4.95. The second-order valence-corrected chi connectivity index (χ2v) is 4.95. The van der Waals surface area contributed by atoms with E-state index in [9.17, 15) is 14.7 Å². The third kappa shape index (κ3) is 2.67. The highest BCUT2D eigenvalue weighted by atomic mass is 16.5. The Bertz CT molecular complexity index is 514. The zero-order valence-corrected chi connectivity index (χ0v) is 11.7. The van der Waals surface area contributed by atoms with Crippen LogP contribution in [0.3, 0.4) is 0 Å². The average molecular weight is 277 g/mol. The topological polar surface area (TPSA) is 66.8 Å². The van der Waals surface area contributed by atoms with Crippen molar-refractivity contribution in [1.29, 1.82) is 0 Å². The van der Waals surface area contributed by atoms with Gasteiger partial charge in [0.05, 0.1) is 18.6 Å². The number of methoxy groups -OCH3 is 1. The number of hydrogen-bond acceptors (Lipinski definition) is 3. The molecule has 1 heterocycles. The van der Waals surface area contributed by atoms with Gasteiger partial charge in [0.1, 0.15) is 0 Å². The monoisotopic (exact) mass is 277 g/mol. The lowest BCUT2D eigenvalue weighted by Gasteiger charge is -2.26. The number of likely N-dealkylation sites (tertiary alicyclic amines) is 1. The summed E-state index contributed by atoms with van der Waals surface area (Å²) in [5.41, 5.74) is 1.84. The van der Waals surface area contributed by atoms with Crippen molar-refractivity contribution >= 4 is 11.9 Å². The lowest BCUT2D eigenvalue weighted by atomic mass is 9.93.